The Hall–Kier alpha value is -2.11. The number of aliphatic carboxylic acids is 1. The van der Waals surface area contributed by atoms with E-state index < -0.39 is 5.97 Å². The van der Waals surface area contributed by atoms with Crippen molar-refractivity contribution in [1.29, 1.82) is 0 Å². The van der Waals surface area contributed by atoms with Gasteiger partial charge in [0, 0.05) is 25.0 Å². The van der Waals surface area contributed by atoms with Crippen LogP contribution in [0.15, 0.2) is 18.3 Å². The smallest absolute Gasteiger partial charge is 0.323 e. The largest absolute Gasteiger partial charge is 0.480 e. The minimum Gasteiger partial charge on any atom is -0.480 e. The molecule has 0 aromatic carbocycles. The maximum Gasteiger partial charge on any atom is 0.323 e. The lowest BCUT2D eigenvalue weighted by atomic mass is 10.2. The average Bonchev–Trinajstić information content (AvgIpc) is 2.34. The maximum absolute atomic E-state index is 11.7. The maximum atomic E-state index is 11.7. The van der Waals surface area contributed by atoms with Crippen LogP contribution in [0.4, 0.5) is 4.79 Å². The van der Waals surface area contributed by atoms with Gasteiger partial charge in [0.2, 0.25) is 0 Å². The number of hydrogen-bond acceptors (Lipinski definition) is 3. The zero-order chi connectivity index (χ0) is 13.5. The molecule has 1 heterocycles. The van der Waals surface area contributed by atoms with Crippen molar-refractivity contribution in [3.8, 4) is 0 Å². The predicted molar refractivity (Wildman–Crippen MR) is 66.1 cm³/mol. The summed E-state index contributed by atoms with van der Waals surface area (Å²) in [5, 5.41) is 11.3. The van der Waals surface area contributed by atoms with Crippen molar-refractivity contribution >= 4 is 12.0 Å². The van der Waals surface area contributed by atoms with Crippen LogP contribution in [-0.2, 0) is 11.3 Å². The molecule has 2 N–H and O–H groups in total. The van der Waals surface area contributed by atoms with E-state index in [0.717, 1.165) is 11.3 Å². The van der Waals surface area contributed by atoms with Gasteiger partial charge in [0.05, 0.1) is 0 Å². The molecule has 6 nitrogen and oxygen atoms in total. The van der Waals surface area contributed by atoms with Crippen molar-refractivity contribution in [2.45, 2.75) is 20.4 Å². The highest BCUT2D eigenvalue weighted by atomic mass is 16.4. The summed E-state index contributed by atoms with van der Waals surface area (Å²) in [4.78, 5) is 27.6. The first-order valence-corrected chi connectivity index (χ1v) is 5.69. The molecule has 0 radical (unpaired) electrons. The summed E-state index contributed by atoms with van der Waals surface area (Å²) in [6.07, 6.45) is 1.68. The fraction of sp³-hybridized carbons (Fsp3) is 0.417. The first kappa shape index (κ1) is 14.0. The molecule has 0 saturated heterocycles. The second-order valence-corrected chi connectivity index (χ2v) is 3.87. The number of carbonyl (C=O) groups excluding carboxylic acids is 1. The normalized spacial score (nSPS) is 9.89. The van der Waals surface area contributed by atoms with E-state index in [0.29, 0.717) is 13.1 Å². The van der Waals surface area contributed by atoms with Crippen LogP contribution in [0.3, 0.4) is 0 Å². The van der Waals surface area contributed by atoms with Gasteiger partial charge in [-0.25, -0.2) is 4.79 Å². The summed E-state index contributed by atoms with van der Waals surface area (Å²) >= 11 is 0. The number of carboxylic acids is 1. The van der Waals surface area contributed by atoms with E-state index in [9.17, 15) is 9.59 Å². The second kappa shape index (κ2) is 6.58. The molecule has 0 saturated carbocycles. The van der Waals surface area contributed by atoms with Gasteiger partial charge in [-0.3, -0.25) is 9.78 Å². The highest BCUT2D eigenvalue weighted by Gasteiger charge is 2.13. The van der Waals surface area contributed by atoms with Gasteiger partial charge in [0.25, 0.3) is 0 Å². The van der Waals surface area contributed by atoms with Crippen molar-refractivity contribution in [3.05, 3.63) is 29.6 Å². The summed E-state index contributed by atoms with van der Waals surface area (Å²) in [5.41, 5.74) is 1.78. The summed E-state index contributed by atoms with van der Waals surface area (Å²) in [5.74, 6) is -1.02. The minimum absolute atomic E-state index is 0.297. The molecule has 6 heteroatoms. The molecule has 1 aromatic rings. The molecule has 0 spiro atoms. The van der Waals surface area contributed by atoms with Crippen molar-refractivity contribution in [1.82, 2.24) is 15.2 Å². The van der Waals surface area contributed by atoms with Crippen molar-refractivity contribution in [2.24, 2.45) is 0 Å². The first-order chi connectivity index (χ1) is 8.52. The van der Waals surface area contributed by atoms with E-state index in [-0.39, 0.29) is 12.6 Å². The number of nitrogens with zero attached hydrogens (tertiary/aromatic N) is 2. The first-order valence-electron chi connectivity index (χ1n) is 5.69. The van der Waals surface area contributed by atoms with Crippen LogP contribution in [0.5, 0.6) is 0 Å². The number of rotatable bonds is 5. The van der Waals surface area contributed by atoms with Gasteiger partial charge in [0.1, 0.15) is 6.54 Å². The molecule has 1 rings (SSSR count). The Balaban J connectivity index is 2.49. The van der Waals surface area contributed by atoms with Crippen LogP contribution < -0.4 is 5.32 Å². The van der Waals surface area contributed by atoms with E-state index in [1.165, 1.54) is 4.90 Å². The number of pyridine rings is 1. The molecule has 1 aromatic heterocycles. The zero-order valence-corrected chi connectivity index (χ0v) is 10.5. The van der Waals surface area contributed by atoms with Crippen LogP contribution in [-0.4, -0.2) is 40.1 Å². The lowest BCUT2D eigenvalue weighted by Gasteiger charge is -2.19. The van der Waals surface area contributed by atoms with Crippen LogP contribution in [0, 0.1) is 6.92 Å². The number of nitrogens with one attached hydrogen (secondary N) is 1. The number of amides is 2. The van der Waals surface area contributed by atoms with Crippen molar-refractivity contribution < 1.29 is 14.7 Å². The number of aryl methyl sites for hydroxylation is 1. The highest BCUT2D eigenvalue weighted by Crippen LogP contribution is 1.99. The molecular formula is C12H17N3O3. The molecule has 0 bridgehead atoms. The zero-order valence-electron chi connectivity index (χ0n) is 10.5. The third kappa shape index (κ3) is 4.40. The molecule has 0 aliphatic carbocycles. The van der Waals surface area contributed by atoms with Gasteiger partial charge in [-0.15, -0.1) is 0 Å². The standard InChI is InChI=1S/C12H17N3O3/c1-3-15(8-11(16)17)12(18)14-7-10-5-4-9(2)13-6-10/h4-6H,3,7-8H2,1-2H3,(H,14,18)(H,16,17). The van der Waals surface area contributed by atoms with Crippen LogP contribution in [0.1, 0.15) is 18.2 Å². The topological polar surface area (TPSA) is 82.5 Å². The molecule has 98 valence electrons. The Kier molecular flexibility index (Phi) is 5.10. The summed E-state index contributed by atoms with van der Waals surface area (Å²) in [6, 6.07) is 3.34. The Morgan fingerprint density at radius 2 is 2.17 bits per heavy atom. The average molecular weight is 251 g/mol. The van der Waals surface area contributed by atoms with Gasteiger partial charge in [-0.2, -0.15) is 0 Å². The number of aromatic nitrogens is 1. The van der Waals surface area contributed by atoms with E-state index in [2.05, 4.69) is 10.3 Å². The number of hydrogen-bond donors (Lipinski definition) is 2. The quantitative estimate of drug-likeness (QED) is 0.818. The Morgan fingerprint density at radius 1 is 1.44 bits per heavy atom. The SMILES string of the molecule is CCN(CC(=O)O)C(=O)NCc1ccc(C)nc1. The fourth-order valence-corrected chi connectivity index (χ4v) is 1.38. The Labute approximate surface area is 106 Å². The Morgan fingerprint density at radius 3 is 2.67 bits per heavy atom. The highest BCUT2D eigenvalue weighted by molar-refractivity contribution is 5.79. The molecule has 0 aliphatic heterocycles. The lowest BCUT2D eigenvalue weighted by Crippen LogP contribution is -2.42. The summed E-state index contributed by atoms with van der Waals surface area (Å²) in [6.45, 7) is 4.00. The summed E-state index contributed by atoms with van der Waals surface area (Å²) in [7, 11) is 0. The van der Waals surface area contributed by atoms with Crippen molar-refractivity contribution in [3.63, 3.8) is 0 Å². The molecule has 0 unspecified atom stereocenters. The monoisotopic (exact) mass is 251 g/mol. The molecule has 0 aliphatic rings. The summed E-state index contributed by atoms with van der Waals surface area (Å²) < 4.78 is 0. The number of carbonyl (C=O) groups is 2. The van der Waals surface area contributed by atoms with Crippen LogP contribution in [0.25, 0.3) is 0 Å². The minimum atomic E-state index is -1.02. The van der Waals surface area contributed by atoms with E-state index in [4.69, 9.17) is 5.11 Å². The molecule has 0 fully saturated rings. The van der Waals surface area contributed by atoms with E-state index >= 15 is 0 Å². The molecule has 2 amide bonds. The number of carboxylic acid groups (broad SMARTS) is 1. The van der Waals surface area contributed by atoms with Crippen LogP contribution in [0.2, 0.25) is 0 Å². The number of likely N-dealkylation sites (N-methyl/N-ethyl adjacent to an activating group) is 1. The van der Waals surface area contributed by atoms with Crippen molar-refractivity contribution in [2.75, 3.05) is 13.1 Å². The second-order valence-electron chi connectivity index (χ2n) is 3.87. The molecular weight excluding hydrogens is 234 g/mol. The van der Waals surface area contributed by atoms with Gasteiger partial charge in [-0.05, 0) is 25.5 Å². The van der Waals surface area contributed by atoms with Crippen LogP contribution >= 0.6 is 0 Å². The van der Waals surface area contributed by atoms with Gasteiger partial charge in [-0.1, -0.05) is 6.07 Å². The van der Waals surface area contributed by atoms with E-state index in [1.54, 1.807) is 13.1 Å². The predicted octanol–water partition coefficient (Wildman–Crippen LogP) is 1.01. The third-order valence-corrected chi connectivity index (χ3v) is 2.41. The molecule has 18 heavy (non-hydrogen) atoms. The molecule has 0 atom stereocenters. The number of urea groups is 1. The van der Waals surface area contributed by atoms with Gasteiger partial charge >= 0.3 is 12.0 Å². The Bertz CT molecular complexity index is 417. The van der Waals surface area contributed by atoms with Gasteiger partial charge < -0.3 is 15.3 Å². The third-order valence-electron chi connectivity index (χ3n) is 2.41. The van der Waals surface area contributed by atoms with Gasteiger partial charge in [0.15, 0.2) is 0 Å². The lowest BCUT2D eigenvalue weighted by molar-refractivity contribution is -0.137. The van der Waals surface area contributed by atoms with E-state index in [1.807, 2.05) is 19.1 Å². The fourth-order valence-electron chi connectivity index (χ4n) is 1.38.